The van der Waals surface area contributed by atoms with Crippen molar-refractivity contribution in [1.82, 2.24) is 14.7 Å². The lowest BCUT2D eigenvalue weighted by Gasteiger charge is -2.14. The second kappa shape index (κ2) is 8.96. The molecule has 9 nitrogen and oxygen atoms in total. The Bertz CT molecular complexity index is 1300. The number of ketones is 1. The number of carbonyl (C=O) groups excluding carboxylic acids is 2. The predicted octanol–water partition coefficient (Wildman–Crippen LogP) is 2.70. The monoisotopic (exact) mass is 456 g/mol. The number of Topliss-reactive ketones (excluding diaryl/α,β-unsaturated/α-hetero) is 1. The van der Waals surface area contributed by atoms with Crippen molar-refractivity contribution < 1.29 is 14.1 Å². The molecule has 2 heterocycles. The lowest BCUT2D eigenvalue weighted by Crippen LogP contribution is -2.27. The van der Waals surface area contributed by atoms with Crippen LogP contribution in [0.25, 0.3) is 11.3 Å². The van der Waals surface area contributed by atoms with Gasteiger partial charge in [0.15, 0.2) is 5.78 Å². The molecule has 2 N–H and O–H groups in total. The van der Waals surface area contributed by atoms with E-state index in [1.165, 1.54) is 16.7 Å². The van der Waals surface area contributed by atoms with E-state index in [0.29, 0.717) is 33.6 Å². The maximum absolute atomic E-state index is 12.8. The number of H-pyrrole nitrogens is 1. The van der Waals surface area contributed by atoms with Gasteiger partial charge in [0.1, 0.15) is 11.6 Å². The number of aromatic nitrogens is 3. The van der Waals surface area contributed by atoms with Gasteiger partial charge in [-0.1, -0.05) is 11.6 Å². The van der Waals surface area contributed by atoms with Crippen LogP contribution >= 0.6 is 11.6 Å². The molecule has 10 heteroatoms. The Morgan fingerprint density at radius 3 is 2.69 bits per heavy atom. The summed E-state index contributed by atoms with van der Waals surface area (Å²) in [4.78, 5) is 52.9. The van der Waals surface area contributed by atoms with Gasteiger partial charge in [0.25, 0.3) is 11.1 Å². The molecule has 0 aliphatic heterocycles. The highest BCUT2D eigenvalue weighted by Gasteiger charge is 2.30. The molecule has 4 rings (SSSR count). The molecule has 166 valence electrons. The minimum atomic E-state index is -0.386. The highest BCUT2D eigenvalue weighted by Crippen LogP contribution is 2.33. The van der Waals surface area contributed by atoms with Crippen molar-refractivity contribution in [2.45, 2.75) is 39.2 Å². The van der Waals surface area contributed by atoms with Crippen molar-refractivity contribution in [1.29, 1.82) is 0 Å². The van der Waals surface area contributed by atoms with Crippen LogP contribution in [-0.2, 0) is 22.6 Å². The van der Waals surface area contributed by atoms with E-state index < -0.39 is 0 Å². The molecule has 0 radical (unpaired) electrons. The summed E-state index contributed by atoms with van der Waals surface area (Å²) in [5, 5.41) is 5.49. The Morgan fingerprint density at radius 1 is 1.25 bits per heavy atom. The molecular weight excluding hydrogens is 436 g/mol. The van der Waals surface area contributed by atoms with Crippen LogP contribution < -0.4 is 16.4 Å². The Kier molecular flexibility index (Phi) is 6.09. The third kappa shape index (κ3) is 5.05. The molecular formula is C22H21ClN4O5. The zero-order valence-corrected chi connectivity index (χ0v) is 18.1. The van der Waals surface area contributed by atoms with E-state index in [9.17, 15) is 19.2 Å². The van der Waals surface area contributed by atoms with Crippen LogP contribution in [0.4, 0.5) is 5.69 Å². The van der Waals surface area contributed by atoms with Crippen molar-refractivity contribution in [3.05, 3.63) is 67.6 Å². The number of aromatic amines is 1. The van der Waals surface area contributed by atoms with Crippen LogP contribution in [0.1, 0.15) is 30.8 Å². The lowest BCUT2D eigenvalue weighted by molar-refractivity contribution is -0.120. The smallest absolute Gasteiger partial charge is 0.280 e. The number of anilines is 1. The van der Waals surface area contributed by atoms with Crippen molar-refractivity contribution in [2.75, 3.05) is 5.32 Å². The standard InChI is InChI=1S/C22H21ClN4O5/c1-12-24-19(17-7-4-14(23)8-18(17)25-22(31)13-2-3-13)10-21(30)27(12)11-15(28)5-6-16-9-20(29)26-32-16/h4,7-10,13H,2-3,5-6,11H2,1H3,(H,25,31)(H,26,29). The molecule has 1 amide bonds. The number of nitrogens with zero attached hydrogens (tertiary/aromatic N) is 2. The summed E-state index contributed by atoms with van der Waals surface area (Å²) < 4.78 is 6.22. The normalized spacial score (nSPS) is 13.2. The van der Waals surface area contributed by atoms with Gasteiger partial charge in [-0.05, 0) is 38.0 Å². The Hall–Kier alpha value is -3.46. The summed E-state index contributed by atoms with van der Waals surface area (Å²) in [6.45, 7) is 1.50. The quantitative estimate of drug-likeness (QED) is 0.536. The van der Waals surface area contributed by atoms with Crippen molar-refractivity contribution >= 4 is 29.0 Å². The maximum atomic E-state index is 12.8. The number of hydrogen-bond donors (Lipinski definition) is 2. The number of halogens is 1. The molecule has 0 bridgehead atoms. The second-order valence-electron chi connectivity index (χ2n) is 7.78. The van der Waals surface area contributed by atoms with Crippen LogP contribution in [-0.4, -0.2) is 26.4 Å². The van der Waals surface area contributed by atoms with Crippen molar-refractivity contribution in [2.24, 2.45) is 5.92 Å². The van der Waals surface area contributed by atoms with Crippen molar-refractivity contribution in [3.63, 3.8) is 0 Å². The third-order valence-electron chi connectivity index (χ3n) is 5.22. The first-order valence-corrected chi connectivity index (χ1v) is 10.6. The van der Waals surface area contributed by atoms with E-state index in [0.717, 1.165) is 12.8 Å². The van der Waals surface area contributed by atoms with Crippen LogP contribution in [0.2, 0.25) is 5.02 Å². The number of hydrogen-bond acceptors (Lipinski definition) is 6. The molecule has 3 aromatic rings. The van der Waals surface area contributed by atoms with Gasteiger partial charge in [0.05, 0.1) is 17.9 Å². The summed E-state index contributed by atoms with van der Waals surface area (Å²) in [6.07, 6.45) is 2.09. The first-order valence-electron chi connectivity index (χ1n) is 10.2. The molecule has 0 unspecified atom stereocenters. The predicted molar refractivity (Wildman–Crippen MR) is 118 cm³/mol. The number of aryl methyl sites for hydroxylation is 2. The molecule has 32 heavy (non-hydrogen) atoms. The maximum Gasteiger partial charge on any atom is 0.280 e. The van der Waals surface area contributed by atoms with E-state index in [1.54, 1.807) is 25.1 Å². The Morgan fingerprint density at radius 2 is 2.03 bits per heavy atom. The van der Waals surface area contributed by atoms with Gasteiger partial charge in [-0.15, -0.1) is 0 Å². The van der Waals surface area contributed by atoms with E-state index in [1.807, 2.05) is 0 Å². The molecule has 1 saturated carbocycles. The first-order chi connectivity index (χ1) is 15.3. The third-order valence-corrected chi connectivity index (χ3v) is 5.46. The Labute approximate surface area is 187 Å². The van der Waals surface area contributed by atoms with Crippen LogP contribution in [0.3, 0.4) is 0 Å². The summed E-state index contributed by atoms with van der Waals surface area (Å²) >= 11 is 6.10. The summed E-state index contributed by atoms with van der Waals surface area (Å²) in [6, 6.07) is 7.61. The van der Waals surface area contributed by atoms with Gasteiger partial charge in [-0.25, -0.2) is 4.98 Å². The number of benzene rings is 1. The molecule has 0 atom stereocenters. The van der Waals surface area contributed by atoms with Crippen LogP contribution in [0.15, 0.2) is 44.4 Å². The fourth-order valence-electron chi connectivity index (χ4n) is 3.34. The topological polar surface area (TPSA) is 127 Å². The van der Waals surface area contributed by atoms with E-state index >= 15 is 0 Å². The van der Waals surface area contributed by atoms with Crippen LogP contribution in [0, 0.1) is 12.8 Å². The highest BCUT2D eigenvalue weighted by molar-refractivity contribution is 6.31. The average molecular weight is 457 g/mol. The minimum Gasteiger partial charge on any atom is -0.384 e. The molecule has 1 aromatic carbocycles. The minimum absolute atomic E-state index is 0.00911. The fourth-order valence-corrected chi connectivity index (χ4v) is 3.51. The number of carbonyl (C=O) groups is 2. The largest absolute Gasteiger partial charge is 0.384 e. The van der Waals surface area contributed by atoms with Crippen LogP contribution in [0.5, 0.6) is 0 Å². The molecule has 1 aliphatic carbocycles. The van der Waals surface area contributed by atoms with E-state index in [2.05, 4.69) is 15.5 Å². The van der Waals surface area contributed by atoms with Gasteiger partial charge in [-0.3, -0.25) is 23.7 Å². The van der Waals surface area contributed by atoms with Gasteiger partial charge < -0.3 is 9.84 Å². The van der Waals surface area contributed by atoms with Gasteiger partial charge in [-0.2, -0.15) is 5.16 Å². The van der Waals surface area contributed by atoms with Crippen molar-refractivity contribution in [3.8, 4) is 11.3 Å². The molecule has 2 aromatic heterocycles. The molecule has 0 saturated heterocycles. The summed E-state index contributed by atoms with van der Waals surface area (Å²) in [5.41, 5.74) is 0.692. The zero-order chi connectivity index (χ0) is 22.8. The van der Waals surface area contributed by atoms with Gasteiger partial charge >= 0.3 is 0 Å². The first kappa shape index (κ1) is 21.8. The molecule has 0 spiro atoms. The summed E-state index contributed by atoms with van der Waals surface area (Å²) in [7, 11) is 0. The average Bonchev–Trinajstić information content (AvgIpc) is 3.51. The van der Waals surface area contributed by atoms with Gasteiger partial charge in [0.2, 0.25) is 5.91 Å². The van der Waals surface area contributed by atoms with Gasteiger partial charge in [0, 0.05) is 41.5 Å². The number of nitrogens with one attached hydrogen (secondary N) is 2. The highest BCUT2D eigenvalue weighted by atomic mass is 35.5. The van der Waals surface area contributed by atoms with E-state index in [4.69, 9.17) is 16.1 Å². The summed E-state index contributed by atoms with van der Waals surface area (Å²) in [5.74, 6) is 0.475. The molecule has 1 aliphatic rings. The number of rotatable bonds is 8. The SMILES string of the molecule is Cc1nc(-c2ccc(Cl)cc2NC(=O)C2CC2)cc(=O)n1CC(=O)CCc1cc(=O)[nH]o1. The second-order valence-corrected chi connectivity index (χ2v) is 8.22. The molecule has 1 fully saturated rings. The Balaban J connectivity index is 1.53. The van der Waals surface area contributed by atoms with E-state index in [-0.39, 0.29) is 48.1 Å². The fraction of sp³-hybridized carbons (Fsp3) is 0.318. The lowest BCUT2D eigenvalue weighted by atomic mass is 10.1. The number of amides is 1. The zero-order valence-electron chi connectivity index (χ0n) is 17.3.